The van der Waals surface area contributed by atoms with Gasteiger partial charge in [0.1, 0.15) is 0 Å². The van der Waals surface area contributed by atoms with Gasteiger partial charge in [0.05, 0.1) is 5.69 Å². The highest BCUT2D eigenvalue weighted by Gasteiger charge is 2.23. The average molecular weight is 448 g/mol. The monoisotopic (exact) mass is 447 g/mol. The van der Waals surface area contributed by atoms with Crippen LogP contribution in [0.4, 0.5) is 11.4 Å². The van der Waals surface area contributed by atoms with Crippen molar-refractivity contribution < 1.29 is 14.3 Å². The molecule has 2 N–H and O–H groups in total. The zero-order valence-corrected chi connectivity index (χ0v) is 18.4. The van der Waals surface area contributed by atoms with Crippen LogP contribution in [0.5, 0.6) is 5.75 Å². The van der Waals surface area contributed by atoms with Crippen molar-refractivity contribution in [3.05, 3.63) is 94.2 Å². The molecule has 0 bridgehead atoms. The predicted molar refractivity (Wildman–Crippen MR) is 127 cm³/mol. The number of carbonyl (C=O) groups excluding carboxylic acids is 2. The van der Waals surface area contributed by atoms with E-state index < -0.39 is 0 Å². The summed E-state index contributed by atoms with van der Waals surface area (Å²) in [4.78, 5) is 27.1. The van der Waals surface area contributed by atoms with E-state index in [-0.39, 0.29) is 17.6 Å². The first-order valence-electron chi connectivity index (χ1n) is 10.0. The Labute approximate surface area is 191 Å². The summed E-state index contributed by atoms with van der Waals surface area (Å²) < 4.78 is 5.75. The maximum absolute atomic E-state index is 12.6. The van der Waals surface area contributed by atoms with E-state index in [2.05, 4.69) is 10.6 Å². The van der Waals surface area contributed by atoms with Crippen LogP contribution in [-0.2, 0) is 11.3 Å². The van der Waals surface area contributed by atoms with Crippen LogP contribution >= 0.6 is 11.6 Å². The van der Waals surface area contributed by atoms with Gasteiger partial charge in [-0.25, -0.2) is 0 Å². The molecule has 4 rings (SSSR count). The Morgan fingerprint density at radius 1 is 1.06 bits per heavy atom. The Morgan fingerprint density at radius 3 is 2.47 bits per heavy atom. The minimum atomic E-state index is -0.383. The molecule has 0 unspecified atom stereocenters. The van der Waals surface area contributed by atoms with Crippen LogP contribution in [0.15, 0.2) is 72.5 Å². The SMILES string of the molecule is CN(C)c1ccc(CNC(=O)c2ccc3c(c2)NC(=O)C(=Cc2ccc(Cl)cc2)O3)cc1. The summed E-state index contributed by atoms with van der Waals surface area (Å²) in [5.74, 6) is 0.0195. The number of halogens is 1. The molecule has 0 atom stereocenters. The van der Waals surface area contributed by atoms with E-state index in [0.717, 1.165) is 16.8 Å². The van der Waals surface area contributed by atoms with Gasteiger partial charge in [0.25, 0.3) is 11.8 Å². The van der Waals surface area contributed by atoms with Crippen LogP contribution in [0.1, 0.15) is 21.5 Å². The second kappa shape index (κ2) is 9.16. The first-order chi connectivity index (χ1) is 15.4. The van der Waals surface area contributed by atoms with Crippen LogP contribution in [0.2, 0.25) is 5.02 Å². The predicted octanol–water partition coefficient (Wildman–Crippen LogP) is 4.71. The largest absolute Gasteiger partial charge is 0.449 e. The number of rotatable bonds is 5. The molecule has 0 spiro atoms. The maximum atomic E-state index is 12.6. The van der Waals surface area contributed by atoms with Gasteiger partial charge in [0.15, 0.2) is 11.5 Å². The van der Waals surface area contributed by atoms with Crippen molar-refractivity contribution in [3.63, 3.8) is 0 Å². The fourth-order valence-electron chi connectivity index (χ4n) is 3.21. The molecule has 1 heterocycles. The second-order valence-electron chi connectivity index (χ2n) is 7.57. The number of nitrogens with zero attached hydrogens (tertiary/aromatic N) is 1. The highest BCUT2D eigenvalue weighted by atomic mass is 35.5. The molecular weight excluding hydrogens is 426 g/mol. The summed E-state index contributed by atoms with van der Waals surface area (Å²) in [6.45, 7) is 0.403. The Bertz CT molecular complexity index is 1190. The number of hydrogen-bond donors (Lipinski definition) is 2. The lowest BCUT2D eigenvalue weighted by Gasteiger charge is -2.20. The molecule has 3 aromatic rings. The molecule has 0 aliphatic carbocycles. The number of fused-ring (bicyclic) bond motifs is 1. The van der Waals surface area contributed by atoms with Crippen molar-refractivity contribution >= 4 is 40.9 Å². The molecular formula is C25H22ClN3O3. The van der Waals surface area contributed by atoms with Crippen LogP contribution in [0.25, 0.3) is 6.08 Å². The lowest BCUT2D eigenvalue weighted by molar-refractivity contribution is -0.115. The van der Waals surface area contributed by atoms with Crippen molar-refractivity contribution in [1.82, 2.24) is 5.32 Å². The van der Waals surface area contributed by atoms with Gasteiger partial charge in [-0.05, 0) is 59.7 Å². The minimum absolute atomic E-state index is 0.165. The van der Waals surface area contributed by atoms with Crippen molar-refractivity contribution in [1.29, 1.82) is 0 Å². The summed E-state index contributed by atoms with van der Waals surface area (Å²) in [5.41, 5.74) is 3.76. The van der Waals surface area contributed by atoms with Gasteiger partial charge >= 0.3 is 0 Å². The molecule has 1 aliphatic heterocycles. The molecule has 1 aliphatic rings. The quantitative estimate of drug-likeness (QED) is 0.556. The van der Waals surface area contributed by atoms with Gasteiger partial charge in [-0.1, -0.05) is 35.9 Å². The molecule has 7 heteroatoms. The maximum Gasteiger partial charge on any atom is 0.291 e. The van der Waals surface area contributed by atoms with Crippen LogP contribution < -0.4 is 20.3 Å². The van der Waals surface area contributed by atoms with Crippen LogP contribution in [0, 0.1) is 0 Å². The number of carbonyl (C=O) groups is 2. The number of benzene rings is 3. The topological polar surface area (TPSA) is 70.7 Å². The number of anilines is 2. The third-order valence-electron chi connectivity index (χ3n) is 5.01. The Kier molecular flexibility index (Phi) is 6.14. The third kappa shape index (κ3) is 4.92. The normalized spacial score (nSPS) is 13.7. The zero-order chi connectivity index (χ0) is 22.7. The van der Waals surface area contributed by atoms with E-state index in [1.54, 1.807) is 48.5 Å². The van der Waals surface area contributed by atoms with E-state index in [0.29, 0.717) is 28.6 Å². The summed E-state index contributed by atoms with van der Waals surface area (Å²) in [7, 11) is 3.96. The van der Waals surface area contributed by atoms with Gasteiger partial charge in [-0.15, -0.1) is 0 Å². The highest BCUT2D eigenvalue weighted by Crippen LogP contribution is 2.32. The fourth-order valence-corrected chi connectivity index (χ4v) is 3.33. The summed E-state index contributed by atoms with van der Waals surface area (Å²) >= 11 is 5.90. The van der Waals surface area contributed by atoms with E-state index in [9.17, 15) is 9.59 Å². The smallest absolute Gasteiger partial charge is 0.291 e. The molecule has 0 saturated heterocycles. The lowest BCUT2D eigenvalue weighted by atomic mass is 10.1. The highest BCUT2D eigenvalue weighted by molar-refractivity contribution is 6.30. The fraction of sp³-hybridized carbons (Fsp3) is 0.120. The van der Waals surface area contributed by atoms with Gasteiger partial charge in [-0.3, -0.25) is 9.59 Å². The molecule has 0 aromatic heterocycles. The molecule has 162 valence electrons. The zero-order valence-electron chi connectivity index (χ0n) is 17.7. The van der Waals surface area contributed by atoms with E-state index in [1.807, 2.05) is 43.3 Å². The van der Waals surface area contributed by atoms with Crippen molar-refractivity contribution in [2.75, 3.05) is 24.3 Å². The van der Waals surface area contributed by atoms with Crippen molar-refractivity contribution in [3.8, 4) is 5.75 Å². The summed E-state index contributed by atoms with van der Waals surface area (Å²) in [6.07, 6.45) is 1.64. The van der Waals surface area contributed by atoms with Crippen LogP contribution in [-0.4, -0.2) is 25.9 Å². The van der Waals surface area contributed by atoms with Gasteiger partial charge in [0, 0.05) is 36.9 Å². The first-order valence-corrected chi connectivity index (χ1v) is 10.4. The van der Waals surface area contributed by atoms with E-state index in [4.69, 9.17) is 16.3 Å². The van der Waals surface area contributed by atoms with E-state index >= 15 is 0 Å². The number of amides is 2. The molecule has 3 aromatic carbocycles. The summed E-state index contributed by atoms with van der Waals surface area (Å²) in [5, 5.41) is 6.30. The molecule has 0 saturated carbocycles. The summed E-state index contributed by atoms with van der Waals surface area (Å²) in [6, 6.07) is 20.0. The van der Waals surface area contributed by atoms with E-state index in [1.165, 1.54) is 0 Å². The molecule has 0 radical (unpaired) electrons. The van der Waals surface area contributed by atoms with Gasteiger partial charge in [-0.2, -0.15) is 0 Å². The van der Waals surface area contributed by atoms with Gasteiger partial charge < -0.3 is 20.3 Å². The number of nitrogens with one attached hydrogen (secondary N) is 2. The number of ether oxygens (including phenoxy) is 1. The van der Waals surface area contributed by atoms with Crippen LogP contribution in [0.3, 0.4) is 0 Å². The second-order valence-corrected chi connectivity index (χ2v) is 8.01. The Hall–Kier alpha value is -3.77. The average Bonchev–Trinajstić information content (AvgIpc) is 2.79. The number of hydrogen-bond acceptors (Lipinski definition) is 4. The lowest BCUT2D eigenvalue weighted by Crippen LogP contribution is -2.25. The van der Waals surface area contributed by atoms with Gasteiger partial charge in [0.2, 0.25) is 0 Å². The molecule has 32 heavy (non-hydrogen) atoms. The molecule has 0 fully saturated rings. The Morgan fingerprint density at radius 2 is 1.78 bits per heavy atom. The first kappa shape index (κ1) is 21.5. The molecule has 2 amide bonds. The standard InChI is InChI=1S/C25H22ClN3O3/c1-29(2)20-10-5-17(6-11-20)15-27-24(30)18-7-12-22-21(14-18)28-25(31)23(32-22)13-16-3-8-19(26)9-4-16/h3-14H,15H2,1-2H3,(H,27,30)(H,28,31). The van der Waals surface area contributed by atoms with Crippen molar-refractivity contribution in [2.45, 2.75) is 6.54 Å². The minimum Gasteiger partial charge on any atom is -0.449 e. The molecule has 6 nitrogen and oxygen atoms in total. The third-order valence-corrected chi connectivity index (χ3v) is 5.26. The van der Waals surface area contributed by atoms with Crippen molar-refractivity contribution in [2.24, 2.45) is 0 Å². The Balaban J connectivity index is 1.43.